The Morgan fingerprint density at radius 2 is 2.00 bits per heavy atom. The van der Waals surface area contributed by atoms with E-state index in [4.69, 9.17) is 0 Å². The molecule has 2 rings (SSSR count). The predicted octanol–water partition coefficient (Wildman–Crippen LogP) is 3.99. The largest absolute Gasteiger partial charge is 0.503 e. The van der Waals surface area contributed by atoms with Crippen molar-refractivity contribution < 1.29 is 23.8 Å². The molecule has 0 unspecified atom stereocenters. The van der Waals surface area contributed by atoms with Crippen LogP contribution < -0.4 is 5.32 Å². The maximum Gasteiger partial charge on any atom is 0.255 e. The quantitative estimate of drug-likeness (QED) is 0.308. The molecule has 1 amide bonds. The molecule has 1 heterocycles. The third-order valence-electron chi connectivity index (χ3n) is 3.36. The molecule has 3 N–H and O–H groups in total. The molecule has 8 heteroatoms. The highest BCUT2D eigenvalue weighted by Gasteiger charge is 2.16. The summed E-state index contributed by atoms with van der Waals surface area (Å²) in [5.74, 6) is -4.33. The molecule has 0 aliphatic heterocycles. The van der Waals surface area contributed by atoms with Gasteiger partial charge in [-0.15, -0.1) is 11.3 Å². The van der Waals surface area contributed by atoms with E-state index in [2.05, 4.69) is 16.9 Å². The minimum atomic E-state index is -1.03. The smallest absolute Gasteiger partial charge is 0.255 e. The number of hydrogen-bond donors (Lipinski definition) is 3. The monoisotopic (exact) mass is 378 g/mol. The molecule has 0 fully saturated rings. The van der Waals surface area contributed by atoms with E-state index in [9.17, 15) is 23.8 Å². The van der Waals surface area contributed by atoms with Crippen molar-refractivity contribution in [1.82, 2.24) is 5.32 Å². The zero-order valence-corrected chi connectivity index (χ0v) is 14.6. The second-order valence-corrected chi connectivity index (χ2v) is 6.20. The number of nitrogens with zero attached hydrogens (tertiary/aromatic N) is 1. The van der Waals surface area contributed by atoms with Gasteiger partial charge >= 0.3 is 0 Å². The Morgan fingerprint density at radius 1 is 1.27 bits per heavy atom. The van der Waals surface area contributed by atoms with Crippen LogP contribution in [0.4, 0.5) is 8.78 Å². The van der Waals surface area contributed by atoms with Gasteiger partial charge < -0.3 is 15.5 Å². The third-order valence-corrected chi connectivity index (χ3v) is 4.34. The van der Waals surface area contributed by atoms with Crippen LogP contribution in [0.1, 0.15) is 17.4 Å². The number of rotatable bonds is 6. The van der Waals surface area contributed by atoms with Crippen molar-refractivity contribution >= 4 is 23.0 Å². The highest BCUT2D eigenvalue weighted by atomic mass is 32.1. The summed E-state index contributed by atoms with van der Waals surface area (Å²) in [5, 5.41) is 24.0. The van der Waals surface area contributed by atoms with E-state index in [1.807, 2.05) is 11.4 Å². The molecule has 0 saturated heterocycles. The number of aliphatic hydroxyl groups is 2. The number of aliphatic hydroxyl groups excluding tert-OH is 2. The maximum atomic E-state index is 13.1. The van der Waals surface area contributed by atoms with Crippen LogP contribution in [0.2, 0.25) is 0 Å². The van der Waals surface area contributed by atoms with Gasteiger partial charge in [0.1, 0.15) is 0 Å². The highest BCUT2D eigenvalue weighted by Crippen LogP contribution is 2.15. The van der Waals surface area contributed by atoms with E-state index in [1.165, 1.54) is 17.4 Å². The van der Waals surface area contributed by atoms with Crippen LogP contribution in [0, 0.1) is 11.6 Å². The van der Waals surface area contributed by atoms with Crippen molar-refractivity contribution in [3.8, 4) is 0 Å². The average Bonchev–Trinajstić information content (AvgIpc) is 3.15. The number of aliphatic imine (C=N–C) groups is 1. The highest BCUT2D eigenvalue weighted by molar-refractivity contribution is 7.12. The van der Waals surface area contributed by atoms with Gasteiger partial charge in [0.05, 0.1) is 11.3 Å². The molecule has 0 saturated carbocycles. The maximum absolute atomic E-state index is 13.1. The van der Waals surface area contributed by atoms with Gasteiger partial charge in [-0.25, -0.2) is 13.8 Å². The number of carbonyl (C=O) groups excluding carboxylic acids is 1. The molecule has 0 spiro atoms. The topological polar surface area (TPSA) is 81.9 Å². The van der Waals surface area contributed by atoms with Gasteiger partial charge in [0.2, 0.25) is 0 Å². The van der Waals surface area contributed by atoms with E-state index in [1.54, 1.807) is 13.0 Å². The summed E-state index contributed by atoms with van der Waals surface area (Å²) in [4.78, 5) is 16.6. The van der Waals surface area contributed by atoms with E-state index in [-0.39, 0.29) is 6.54 Å². The lowest BCUT2D eigenvalue weighted by atomic mass is 10.2. The summed E-state index contributed by atoms with van der Waals surface area (Å²) in [7, 11) is 0. The summed E-state index contributed by atoms with van der Waals surface area (Å²) < 4.78 is 26.0. The van der Waals surface area contributed by atoms with E-state index in [0.717, 1.165) is 17.0 Å². The molecular weight excluding hydrogens is 362 g/mol. The van der Waals surface area contributed by atoms with Crippen LogP contribution in [0.15, 0.2) is 64.5 Å². The van der Waals surface area contributed by atoms with Gasteiger partial charge in [0.25, 0.3) is 11.8 Å². The van der Waals surface area contributed by atoms with Crippen LogP contribution in [-0.4, -0.2) is 21.8 Å². The van der Waals surface area contributed by atoms with E-state index < -0.39 is 34.8 Å². The summed E-state index contributed by atoms with van der Waals surface area (Å²) in [6.45, 7) is 4.94. The molecule has 0 aliphatic rings. The number of carbonyl (C=O) groups is 1. The standard InChI is InChI=1S/C18H16F2N2O3S/c1-10(16(23)18(25)22-11(2)15-4-3-7-26-15)17(24)21-9-12-5-6-13(19)14(20)8-12/h3-8,23,25H,1,9H2,2H3,(H,21,24)/b18-16-,22-11?. The normalized spacial score (nSPS) is 12.5. The summed E-state index contributed by atoms with van der Waals surface area (Å²) in [6.07, 6.45) is 0. The molecule has 0 aliphatic carbocycles. The second-order valence-electron chi connectivity index (χ2n) is 5.26. The first-order chi connectivity index (χ1) is 12.3. The lowest BCUT2D eigenvalue weighted by molar-refractivity contribution is -0.117. The Labute approximate surface area is 152 Å². The van der Waals surface area contributed by atoms with Gasteiger partial charge in [-0.05, 0) is 36.1 Å². The van der Waals surface area contributed by atoms with E-state index in [0.29, 0.717) is 11.3 Å². The molecule has 5 nitrogen and oxygen atoms in total. The van der Waals surface area contributed by atoms with Crippen LogP contribution in [-0.2, 0) is 11.3 Å². The van der Waals surface area contributed by atoms with Crippen LogP contribution in [0.5, 0.6) is 0 Å². The third kappa shape index (κ3) is 4.76. The fraction of sp³-hybridized carbons (Fsp3) is 0.111. The van der Waals surface area contributed by atoms with Gasteiger partial charge in [0, 0.05) is 11.4 Å². The molecule has 0 radical (unpaired) electrons. The van der Waals surface area contributed by atoms with Crippen molar-refractivity contribution in [2.45, 2.75) is 13.5 Å². The van der Waals surface area contributed by atoms with Crippen molar-refractivity contribution in [2.75, 3.05) is 0 Å². The first kappa shape index (κ1) is 19.3. The van der Waals surface area contributed by atoms with Crippen LogP contribution in [0.25, 0.3) is 0 Å². The SMILES string of the molecule is C=C(C(=O)NCc1ccc(F)c(F)c1)/C(O)=C(/O)N=C(C)c1cccs1. The first-order valence-electron chi connectivity index (χ1n) is 7.42. The molecule has 1 aromatic carbocycles. The molecule has 1 aromatic heterocycles. The second kappa shape index (κ2) is 8.39. The van der Waals surface area contributed by atoms with Crippen molar-refractivity contribution in [3.63, 3.8) is 0 Å². The van der Waals surface area contributed by atoms with Crippen LogP contribution >= 0.6 is 11.3 Å². The molecular formula is C18H16F2N2O3S. The molecule has 0 atom stereocenters. The lowest BCUT2D eigenvalue weighted by Crippen LogP contribution is -2.25. The fourth-order valence-electron chi connectivity index (χ4n) is 1.93. The summed E-state index contributed by atoms with van der Waals surface area (Å²) >= 11 is 1.40. The number of thiophene rings is 1. The lowest BCUT2D eigenvalue weighted by Gasteiger charge is -2.08. The van der Waals surface area contributed by atoms with Crippen molar-refractivity contribution in [1.29, 1.82) is 0 Å². The zero-order chi connectivity index (χ0) is 19.3. The minimum Gasteiger partial charge on any atom is -0.503 e. The Kier molecular flexibility index (Phi) is 6.24. The Hall–Kier alpha value is -3.00. The summed E-state index contributed by atoms with van der Waals surface area (Å²) in [5.41, 5.74) is 0.371. The predicted molar refractivity (Wildman–Crippen MR) is 96.2 cm³/mol. The van der Waals surface area contributed by atoms with Crippen LogP contribution in [0.3, 0.4) is 0 Å². The Morgan fingerprint density at radius 3 is 2.62 bits per heavy atom. The summed E-state index contributed by atoms with van der Waals surface area (Å²) in [6, 6.07) is 6.79. The molecule has 0 bridgehead atoms. The molecule has 2 aromatic rings. The number of benzene rings is 1. The fourth-order valence-corrected chi connectivity index (χ4v) is 2.61. The number of nitrogens with one attached hydrogen (secondary N) is 1. The van der Waals surface area contributed by atoms with Crippen molar-refractivity contribution in [2.24, 2.45) is 4.99 Å². The van der Waals surface area contributed by atoms with Gasteiger partial charge in [-0.1, -0.05) is 18.7 Å². The Balaban J connectivity index is 2.05. The van der Waals surface area contributed by atoms with Gasteiger partial charge in [-0.3, -0.25) is 4.79 Å². The van der Waals surface area contributed by atoms with Gasteiger partial charge in [-0.2, -0.15) is 0 Å². The van der Waals surface area contributed by atoms with Gasteiger partial charge in [0.15, 0.2) is 17.4 Å². The number of hydrogen-bond acceptors (Lipinski definition) is 5. The Bertz CT molecular complexity index is 890. The number of halogens is 2. The first-order valence-corrected chi connectivity index (χ1v) is 8.30. The minimum absolute atomic E-state index is 0.111. The average molecular weight is 378 g/mol. The molecule has 26 heavy (non-hydrogen) atoms. The van der Waals surface area contributed by atoms with Crippen molar-refractivity contribution in [3.05, 3.63) is 81.6 Å². The zero-order valence-electron chi connectivity index (χ0n) is 13.8. The van der Waals surface area contributed by atoms with E-state index >= 15 is 0 Å². The molecule has 136 valence electrons. The number of amides is 1.